The van der Waals surface area contributed by atoms with Gasteiger partial charge in [0.1, 0.15) is 11.9 Å². The molecule has 18 heavy (non-hydrogen) atoms. The molecular formula is C13H8BrCl2FO. The summed E-state index contributed by atoms with van der Waals surface area (Å²) in [5.74, 6) is -0.507. The number of benzene rings is 2. The van der Waals surface area contributed by atoms with E-state index in [0.29, 0.717) is 20.1 Å². The highest BCUT2D eigenvalue weighted by Crippen LogP contribution is 2.32. The van der Waals surface area contributed by atoms with E-state index in [1.54, 1.807) is 18.2 Å². The van der Waals surface area contributed by atoms with Crippen molar-refractivity contribution in [1.82, 2.24) is 0 Å². The Balaban J connectivity index is 2.47. The van der Waals surface area contributed by atoms with Crippen molar-refractivity contribution in [3.05, 3.63) is 67.9 Å². The summed E-state index contributed by atoms with van der Waals surface area (Å²) in [4.78, 5) is 0. The van der Waals surface area contributed by atoms with E-state index in [0.717, 1.165) is 0 Å². The number of aliphatic hydroxyl groups excluding tert-OH is 1. The van der Waals surface area contributed by atoms with Crippen LogP contribution in [-0.4, -0.2) is 5.11 Å². The molecule has 0 aliphatic carbocycles. The molecule has 1 N–H and O–H groups in total. The summed E-state index contributed by atoms with van der Waals surface area (Å²) < 4.78 is 14.4. The topological polar surface area (TPSA) is 20.2 Å². The van der Waals surface area contributed by atoms with E-state index in [-0.39, 0.29) is 5.56 Å². The molecule has 0 bridgehead atoms. The highest BCUT2D eigenvalue weighted by molar-refractivity contribution is 9.10. The van der Waals surface area contributed by atoms with Crippen molar-refractivity contribution < 1.29 is 9.50 Å². The molecule has 0 spiro atoms. The molecule has 94 valence electrons. The van der Waals surface area contributed by atoms with Crippen molar-refractivity contribution in [3.63, 3.8) is 0 Å². The minimum Gasteiger partial charge on any atom is -0.383 e. The zero-order valence-electron chi connectivity index (χ0n) is 9.00. The number of halogens is 4. The highest BCUT2D eigenvalue weighted by Gasteiger charge is 2.18. The van der Waals surface area contributed by atoms with E-state index < -0.39 is 11.9 Å². The molecule has 1 nitrogen and oxygen atoms in total. The Bertz CT molecular complexity index is 589. The fraction of sp³-hybridized carbons (Fsp3) is 0.0769. The van der Waals surface area contributed by atoms with Gasteiger partial charge in [-0.2, -0.15) is 0 Å². The summed E-state index contributed by atoms with van der Waals surface area (Å²) in [6, 6.07) is 9.14. The molecule has 2 rings (SSSR count). The van der Waals surface area contributed by atoms with Crippen LogP contribution in [-0.2, 0) is 0 Å². The lowest BCUT2D eigenvalue weighted by molar-refractivity contribution is 0.215. The third-order valence-electron chi connectivity index (χ3n) is 2.51. The van der Waals surface area contributed by atoms with Crippen molar-refractivity contribution in [3.8, 4) is 0 Å². The molecule has 0 aliphatic heterocycles. The molecule has 0 amide bonds. The Hall–Kier alpha value is -0.610. The van der Waals surface area contributed by atoms with Crippen LogP contribution in [0.4, 0.5) is 4.39 Å². The van der Waals surface area contributed by atoms with Crippen LogP contribution in [0.2, 0.25) is 10.0 Å². The highest BCUT2D eigenvalue weighted by atomic mass is 79.9. The summed E-state index contributed by atoms with van der Waals surface area (Å²) in [6.07, 6.45) is -1.15. The Labute approximate surface area is 122 Å². The molecule has 5 heteroatoms. The van der Waals surface area contributed by atoms with Crippen LogP contribution in [0, 0.1) is 5.82 Å². The average molecular weight is 350 g/mol. The molecule has 0 aromatic heterocycles. The molecule has 1 atom stereocenters. The first kappa shape index (κ1) is 13.8. The van der Waals surface area contributed by atoms with Gasteiger partial charge in [-0.15, -0.1) is 0 Å². The van der Waals surface area contributed by atoms with Crippen LogP contribution in [0.3, 0.4) is 0 Å². The molecule has 0 aliphatic rings. The Kier molecular flexibility index (Phi) is 4.28. The largest absolute Gasteiger partial charge is 0.383 e. The fourth-order valence-corrected chi connectivity index (χ4v) is 2.35. The van der Waals surface area contributed by atoms with Gasteiger partial charge in [-0.3, -0.25) is 0 Å². The van der Waals surface area contributed by atoms with Crippen LogP contribution in [0.5, 0.6) is 0 Å². The predicted octanol–water partition coefficient (Wildman–Crippen LogP) is 4.98. The van der Waals surface area contributed by atoms with Crippen LogP contribution < -0.4 is 0 Å². The van der Waals surface area contributed by atoms with Gasteiger partial charge in [-0.25, -0.2) is 4.39 Å². The van der Waals surface area contributed by atoms with E-state index in [1.807, 2.05) is 0 Å². The quantitative estimate of drug-likeness (QED) is 0.810. The zero-order valence-corrected chi connectivity index (χ0v) is 12.1. The normalized spacial score (nSPS) is 12.5. The molecule has 0 fully saturated rings. The van der Waals surface area contributed by atoms with Gasteiger partial charge in [0.15, 0.2) is 0 Å². The van der Waals surface area contributed by atoms with Crippen LogP contribution >= 0.6 is 39.1 Å². The predicted molar refractivity (Wildman–Crippen MR) is 74.6 cm³/mol. The summed E-state index contributed by atoms with van der Waals surface area (Å²) in [6.45, 7) is 0. The van der Waals surface area contributed by atoms with Crippen molar-refractivity contribution >= 4 is 39.1 Å². The number of hydrogen-bond acceptors (Lipinski definition) is 1. The molecule has 1 unspecified atom stereocenters. The van der Waals surface area contributed by atoms with Gasteiger partial charge in [0, 0.05) is 25.6 Å². The Morgan fingerprint density at radius 2 is 1.78 bits per heavy atom. The monoisotopic (exact) mass is 348 g/mol. The summed E-state index contributed by atoms with van der Waals surface area (Å²) in [5, 5.41) is 10.9. The van der Waals surface area contributed by atoms with Crippen LogP contribution in [0.15, 0.2) is 40.9 Å². The van der Waals surface area contributed by atoms with Gasteiger partial charge in [0.25, 0.3) is 0 Å². The van der Waals surface area contributed by atoms with Crippen molar-refractivity contribution in [2.75, 3.05) is 0 Å². The second kappa shape index (κ2) is 5.57. The molecule has 2 aromatic rings. The second-order valence-corrected chi connectivity index (χ2v) is 5.49. The average Bonchev–Trinajstić information content (AvgIpc) is 2.31. The first-order valence-electron chi connectivity index (χ1n) is 5.07. The molecular weight excluding hydrogens is 342 g/mol. The van der Waals surface area contributed by atoms with Crippen LogP contribution in [0.1, 0.15) is 17.2 Å². The maximum atomic E-state index is 13.8. The van der Waals surface area contributed by atoms with Gasteiger partial charge < -0.3 is 5.11 Å². The van der Waals surface area contributed by atoms with Gasteiger partial charge in [0.2, 0.25) is 0 Å². The van der Waals surface area contributed by atoms with Gasteiger partial charge in [-0.05, 0) is 30.3 Å². The van der Waals surface area contributed by atoms with E-state index >= 15 is 0 Å². The lowest BCUT2D eigenvalue weighted by Crippen LogP contribution is -2.03. The summed E-state index contributed by atoms with van der Waals surface area (Å²) in [5.41, 5.74) is 0.535. The number of hydrogen-bond donors (Lipinski definition) is 1. The van der Waals surface area contributed by atoms with Crippen molar-refractivity contribution in [2.24, 2.45) is 0 Å². The Morgan fingerprint density at radius 1 is 1.06 bits per heavy atom. The van der Waals surface area contributed by atoms with E-state index in [2.05, 4.69) is 15.9 Å². The minimum atomic E-state index is -1.15. The smallest absolute Gasteiger partial charge is 0.130 e. The fourth-order valence-electron chi connectivity index (χ4n) is 1.61. The van der Waals surface area contributed by atoms with Gasteiger partial charge >= 0.3 is 0 Å². The minimum absolute atomic E-state index is 0.155. The lowest BCUT2D eigenvalue weighted by atomic mass is 10.0. The summed E-state index contributed by atoms with van der Waals surface area (Å²) in [7, 11) is 0. The molecule has 0 radical (unpaired) electrons. The zero-order chi connectivity index (χ0) is 13.3. The van der Waals surface area contributed by atoms with E-state index in [1.165, 1.54) is 18.2 Å². The van der Waals surface area contributed by atoms with Crippen LogP contribution in [0.25, 0.3) is 0 Å². The Morgan fingerprint density at radius 3 is 2.44 bits per heavy atom. The number of aliphatic hydroxyl groups is 1. The van der Waals surface area contributed by atoms with Gasteiger partial charge in [-0.1, -0.05) is 45.2 Å². The van der Waals surface area contributed by atoms with E-state index in [4.69, 9.17) is 23.2 Å². The van der Waals surface area contributed by atoms with E-state index in [9.17, 15) is 9.50 Å². The van der Waals surface area contributed by atoms with Gasteiger partial charge in [0.05, 0.1) is 0 Å². The first-order chi connectivity index (χ1) is 8.49. The SMILES string of the molecule is OC(c1ccc(Br)cc1F)c1cc(Cl)ccc1Cl. The number of rotatable bonds is 2. The third kappa shape index (κ3) is 2.86. The van der Waals surface area contributed by atoms with Crippen molar-refractivity contribution in [2.45, 2.75) is 6.10 Å². The maximum absolute atomic E-state index is 13.8. The van der Waals surface area contributed by atoms with Crippen molar-refractivity contribution in [1.29, 1.82) is 0 Å². The molecule has 2 aromatic carbocycles. The second-order valence-electron chi connectivity index (χ2n) is 3.73. The lowest BCUT2D eigenvalue weighted by Gasteiger charge is -2.14. The molecule has 0 heterocycles. The first-order valence-corrected chi connectivity index (χ1v) is 6.62. The standard InChI is InChI=1S/C13H8BrCl2FO/c14-7-1-3-9(12(17)5-7)13(18)10-6-8(15)2-4-11(10)16/h1-6,13,18H. The molecule has 0 saturated carbocycles. The molecule has 0 saturated heterocycles. The maximum Gasteiger partial charge on any atom is 0.130 e. The third-order valence-corrected chi connectivity index (χ3v) is 3.58. The summed E-state index contributed by atoms with van der Waals surface area (Å²) >= 11 is 15.0.